The van der Waals surface area contributed by atoms with Crippen molar-refractivity contribution in [2.45, 2.75) is 26.4 Å². The number of aryl methyl sites for hydroxylation is 1. The zero-order chi connectivity index (χ0) is 12.9. The number of aromatic nitrogens is 2. The van der Waals surface area contributed by atoms with Crippen molar-refractivity contribution in [2.75, 3.05) is 6.54 Å². The number of nitrogens with one attached hydrogen (secondary N) is 1. The summed E-state index contributed by atoms with van der Waals surface area (Å²) in [4.78, 5) is 11.3. The van der Waals surface area contributed by atoms with Gasteiger partial charge >= 0.3 is 6.09 Å². The lowest BCUT2D eigenvalue weighted by atomic mass is 10.2. The Labute approximate surface area is 101 Å². The third kappa shape index (κ3) is 5.19. The van der Waals surface area contributed by atoms with Gasteiger partial charge in [-0.2, -0.15) is 5.10 Å². The van der Waals surface area contributed by atoms with Gasteiger partial charge in [-0.25, -0.2) is 4.79 Å². The van der Waals surface area contributed by atoms with Gasteiger partial charge in [-0.05, 0) is 32.9 Å². The van der Waals surface area contributed by atoms with E-state index in [0.717, 1.165) is 5.69 Å². The predicted molar refractivity (Wildman–Crippen MR) is 66.5 cm³/mol. The Hall–Kier alpha value is -1.78. The minimum Gasteiger partial charge on any atom is -0.444 e. The molecule has 0 aliphatic carbocycles. The number of carbonyl (C=O) groups is 1. The summed E-state index contributed by atoms with van der Waals surface area (Å²) < 4.78 is 6.85. The molecule has 1 aromatic rings. The monoisotopic (exact) mass is 237 g/mol. The molecule has 1 heterocycles. The second-order valence-electron chi connectivity index (χ2n) is 4.66. The minimum atomic E-state index is -0.462. The number of alkyl carbamates (subject to hydrolysis) is 1. The molecule has 1 N–H and O–H groups in total. The van der Waals surface area contributed by atoms with Crippen LogP contribution in [0.4, 0.5) is 4.79 Å². The van der Waals surface area contributed by atoms with Crippen molar-refractivity contribution in [1.82, 2.24) is 15.1 Å². The fourth-order valence-corrected chi connectivity index (χ4v) is 1.18. The number of hydrogen-bond acceptors (Lipinski definition) is 3. The van der Waals surface area contributed by atoms with Crippen LogP contribution in [0.15, 0.2) is 18.3 Å². The van der Waals surface area contributed by atoms with Gasteiger partial charge in [0.05, 0.1) is 5.69 Å². The third-order valence-corrected chi connectivity index (χ3v) is 1.91. The number of hydrogen-bond donors (Lipinski definition) is 1. The van der Waals surface area contributed by atoms with Crippen LogP contribution in [0, 0.1) is 0 Å². The maximum atomic E-state index is 11.3. The molecule has 0 bridgehead atoms. The summed E-state index contributed by atoms with van der Waals surface area (Å²) in [5, 5.41) is 6.68. The Balaban J connectivity index is 2.31. The number of rotatable bonds is 3. The van der Waals surface area contributed by atoms with Gasteiger partial charge in [-0.3, -0.25) is 4.68 Å². The molecule has 0 radical (unpaired) electrons. The van der Waals surface area contributed by atoms with E-state index in [1.165, 1.54) is 0 Å². The van der Waals surface area contributed by atoms with E-state index in [2.05, 4.69) is 10.4 Å². The molecule has 0 fully saturated rings. The molecule has 0 saturated heterocycles. The molecule has 0 saturated carbocycles. The van der Waals surface area contributed by atoms with Crippen LogP contribution >= 0.6 is 0 Å². The Kier molecular flexibility index (Phi) is 4.31. The van der Waals surface area contributed by atoms with E-state index in [4.69, 9.17) is 4.74 Å². The molecule has 0 unspecified atom stereocenters. The SMILES string of the molecule is Cn1nccc1C=CCNC(=O)OC(C)(C)C. The standard InChI is InChI=1S/C12H19N3O2/c1-12(2,3)17-11(16)13-8-5-6-10-7-9-14-15(10)4/h5-7,9H,8H2,1-4H3,(H,13,16). The molecular formula is C12H19N3O2. The number of ether oxygens (including phenoxy) is 1. The van der Waals surface area contributed by atoms with Gasteiger partial charge in [0.25, 0.3) is 0 Å². The normalized spacial score (nSPS) is 11.8. The maximum Gasteiger partial charge on any atom is 0.407 e. The Morgan fingerprint density at radius 2 is 2.29 bits per heavy atom. The van der Waals surface area contributed by atoms with Crippen molar-refractivity contribution in [2.24, 2.45) is 7.05 Å². The van der Waals surface area contributed by atoms with Crippen molar-refractivity contribution in [3.05, 3.63) is 24.0 Å². The Morgan fingerprint density at radius 1 is 1.59 bits per heavy atom. The highest BCUT2D eigenvalue weighted by molar-refractivity contribution is 5.68. The van der Waals surface area contributed by atoms with Crippen LogP contribution in [0.5, 0.6) is 0 Å². The lowest BCUT2D eigenvalue weighted by Crippen LogP contribution is -2.32. The van der Waals surface area contributed by atoms with E-state index in [1.807, 2.05) is 46.0 Å². The van der Waals surface area contributed by atoms with Crippen LogP contribution < -0.4 is 5.32 Å². The summed E-state index contributed by atoms with van der Waals surface area (Å²) >= 11 is 0. The fraction of sp³-hybridized carbons (Fsp3) is 0.500. The van der Waals surface area contributed by atoms with Crippen LogP contribution in [-0.4, -0.2) is 28.0 Å². The lowest BCUT2D eigenvalue weighted by molar-refractivity contribution is 0.0534. The lowest BCUT2D eigenvalue weighted by Gasteiger charge is -2.19. The molecule has 94 valence electrons. The molecule has 0 aliphatic heterocycles. The first kappa shape index (κ1) is 13.3. The van der Waals surface area contributed by atoms with Crippen LogP contribution in [0.2, 0.25) is 0 Å². The second-order valence-corrected chi connectivity index (χ2v) is 4.66. The van der Waals surface area contributed by atoms with Crippen LogP contribution in [0.1, 0.15) is 26.5 Å². The predicted octanol–water partition coefficient (Wildman–Crippen LogP) is 1.96. The largest absolute Gasteiger partial charge is 0.444 e. The molecular weight excluding hydrogens is 218 g/mol. The van der Waals surface area contributed by atoms with Crippen molar-refractivity contribution in [3.63, 3.8) is 0 Å². The minimum absolute atomic E-state index is 0.410. The highest BCUT2D eigenvalue weighted by Crippen LogP contribution is 2.06. The molecule has 1 aromatic heterocycles. The average Bonchev–Trinajstić information content (AvgIpc) is 2.56. The molecule has 0 aliphatic rings. The zero-order valence-electron chi connectivity index (χ0n) is 10.7. The fourth-order valence-electron chi connectivity index (χ4n) is 1.18. The van der Waals surface area contributed by atoms with Crippen molar-refractivity contribution in [1.29, 1.82) is 0 Å². The maximum absolute atomic E-state index is 11.3. The van der Waals surface area contributed by atoms with E-state index in [0.29, 0.717) is 6.54 Å². The number of amides is 1. The van der Waals surface area contributed by atoms with E-state index in [1.54, 1.807) is 10.9 Å². The summed E-state index contributed by atoms with van der Waals surface area (Å²) in [5.41, 5.74) is 0.520. The first-order valence-corrected chi connectivity index (χ1v) is 5.50. The summed E-state index contributed by atoms with van der Waals surface area (Å²) in [6.07, 6.45) is 5.05. The molecule has 1 rings (SSSR count). The van der Waals surface area contributed by atoms with Gasteiger partial charge in [0.2, 0.25) is 0 Å². The van der Waals surface area contributed by atoms with Gasteiger partial charge in [0, 0.05) is 19.8 Å². The summed E-state index contributed by atoms with van der Waals surface area (Å²) in [6, 6.07) is 1.89. The van der Waals surface area contributed by atoms with Crippen LogP contribution in [-0.2, 0) is 11.8 Å². The Bertz CT molecular complexity index is 402. The van der Waals surface area contributed by atoms with E-state index < -0.39 is 11.7 Å². The van der Waals surface area contributed by atoms with E-state index in [9.17, 15) is 4.79 Å². The summed E-state index contributed by atoms with van der Waals surface area (Å²) in [5.74, 6) is 0. The Morgan fingerprint density at radius 3 is 2.82 bits per heavy atom. The molecule has 0 atom stereocenters. The van der Waals surface area contributed by atoms with Gasteiger partial charge in [0.15, 0.2) is 0 Å². The molecule has 0 spiro atoms. The highest BCUT2D eigenvalue weighted by atomic mass is 16.6. The topological polar surface area (TPSA) is 56.2 Å². The summed E-state index contributed by atoms with van der Waals surface area (Å²) in [6.45, 7) is 5.92. The van der Waals surface area contributed by atoms with Gasteiger partial charge in [0.1, 0.15) is 5.60 Å². The zero-order valence-corrected chi connectivity index (χ0v) is 10.7. The first-order chi connectivity index (χ1) is 7.88. The molecule has 17 heavy (non-hydrogen) atoms. The van der Waals surface area contributed by atoms with Crippen LogP contribution in [0.3, 0.4) is 0 Å². The number of nitrogens with zero attached hydrogens (tertiary/aromatic N) is 2. The number of carbonyl (C=O) groups excluding carboxylic acids is 1. The third-order valence-electron chi connectivity index (χ3n) is 1.91. The highest BCUT2D eigenvalue weighted by Gasteiger charge is 2.14. The van der Waals surface area contributed by atoms with Crippen molar-refractivity contribution < 1.29 is 9.53 Å². The molecule has 1 amide bonds. The second kappa shape index (κ2) is 5.52. The van der Waals surface area contributed by atoms with E-state index in [-0.39, 0.29) is 0 Å². The quantitative estimate of drug-likeness (QED) is 0.874. The van der Waals surface area contributed by atoms with Crippen molar-refractivity contribution in [3.8, 4) is 0 Å². The van der Waals surface area contributed by atoms with Crippen LogP contribution in [0.25, 0.3) is 6.08 Å². The molecule has 5 nitrogen and oxygen atoms in total. The smallest absolute Gasteiger partial charge is 0.407 e. The van der Waals surface area contributed by atoms with Gasteiger partial charge < -0.3 is 10.1 Å². The average molecular weight is 237 g/mol. The summed E-state index contributed by atoms with van der Waals surface area (Å²) in [7, 11) is 1.86. The molecule has 5 heteroatoms. The van der Waals surface area contributed by atoms with Crippen molar-refractivity contribution >= 4 is 12.2 Å². The first-order valence-electron chi connectivity index (χ1n) is 5.50. The van der Waals surface area contributed by atoms with Gasteiger partial charge in [-0.15, -0.1) is 0 Å². The van der Waals surface area contributed by atoms with Gasteiger partial charge in [-0.1, -0.05) is 6.08 Å². The molecule has 0 aromatic carbocycles. The van der Waals surface area contributed by atoms with E-state index >= 15 is 0 Å².